The Morgan fingerprint density at radius 2 is 1.93 bits per heavy atom. The van der Waals surface area contributed by atoms with Gasteiger partial charge >= 0.3 is 8.56 Å². The van der Waals surface area contributed by atoms with Crippen molar-refractivity contribution in [2.45, 2.75) is 25.1 Å². The van der Waals surface area contributed by atoms with Crippen LogP contribution in [0, 0.1) is 0 Å². The lowest BCUT2D eigenvalue weighted by molar-refractivity contribution is 0.114. The van der Waals surface area contributed by atoms with Gasteiger partial charge in [-0.3, -0.25) is 0 Å². The molecule has 15 heavy (non-hydrogen) atoms. The van der Waals surface area contributed by atoms with Crippen LogP contribution in [0.2, 0.25) is 12.6 Å². The van der Waals surface area contributed by atoms with Crippen LogP contribution in [0.5, 0.6) is 0 Å². The molecule has 1 saturated heterocycles. The zero-order chi connectivity index (χ0) is 10.4. The van der Waals surface area contributed by atoms with Crippen LogP contribution >= 0.6 is 9.90 Å². The third kappa shape index (κ3) is 6.61. The van der Waals surface area contributed by atoms with Crippen LogP contribution in [0.4, 0.5) is 0 Å². The Morgan fingerprint density at radius 3 is 2.40 bits per heavy atom. The molecule has 1 heterocycles. The highest BCUT2D eigenvalue weighted by molar-refractivity contribution is 6.92. The first-order valence-corrected chi connectivity index (χ1v) is 7.52. The molecule has 6 heteroatoms. The summed E-state index contributed by atoms with van der Waals surface area (Å²) in [6.45, 7) is 4.44. The van der Waals surface area contributed by atoms with Gasteiger partial charge in [-0.2, -0.15) is 9.90 Å². The minimum absolute atomic E-state index is 0. The van der Waals surface area contributed by atoms with E-state index in [0.29, 0.717) is 6.10 Å². The summed E-state index contributed by atoms with van der Waals surface area (Å²) in [4.78, 5) is 0. The molecule has 92 valence electrons. The Kier molecular flexibility index (Phi) is 7.96. The first kappa shape index (κ1) is 15.5. The minimum Gasteiger partial charge on any atom is -0.398 e. The highest BCUT2D eigenvalue weighted by atomic mass is 31.0. The van der Waals surface area contributed by atoms with Crippen molar-refractivity contribution in [1.29, 1.82) is 0 Å². The summed E-state index contributed by atoms with van der Waals surface area (Å²) in [5.41, 5.74) is 0. The maximum Gasteiger partial charge on any atom is 0.334 e. The Morgan fingerprint density at radius 1 is 1.33 bits per heavy atom. The summed E-state index contributed by atoms with van der Waals surface area (Å²) >= 11 is 0. The molecule has 0 aromatic rings. The van der Waals surface area contributed by atoms with Crippen molar-refractivity contribution in [3.8, 4) is 0 Å². The van der Waals surface area contributed by atoms with E-state index in [4.69, 9.17) is 18.3 Å². The van der Waals surface area contributed by atoms with Crippen LogP contribution in [0.15, 0.2) is 0 Å². The van der Waals surface area contributed by atoms with Gasteiger partial charge < -0.3 is 18.3 Å². The van der Waals surface area contributed by atoms with E-state index in [2.05, 4.69) is 6.55 Å². The van der Waals surface area contributed by atoms with Crippen LogP contribution in [-0.4, -0.2) is 48.7 Å². The van der Waals surface area contributed by atoms with Crippen LogP contribution in [0.1, 0.15) is 6.42 Å². The fourth-order valence-electron chi connectivity index (χ4n) is 1.16. The summed E-state index contributed by atoms with van der Waals surface area (Å²) < 4.78 is 21.2. The molecule has 0 radical (unpaired) electrons. The van der Waals surface area contributed by atoms with Crippen LogP contribution in [-0.2, 0) is 18.3 Å². The van der Waals surface area contributed by atoms with Gasteiger partial charge in [-0.1, -0.05) is 0 Å². The summed E-state index contributed by atoms with van der Waals surface area (Å²) in [5.74, 6) is 0. The van der Waals surface area contributed by atoms with Crippen molar-refractivity contribution in [3.05, 3.63) is 0 Å². The van der Waals surface area contributed by atoms with Crippen LogP contribution in [0.3, 0.4) is 0 Å². The Labute approximate surface area is 96.5 Å². The molecule has 1 rings (SSSR count). The predicted molar refractivity (Wildman–Crippen MR) is 66.7 cm³/mol. The number of rotatable bonds is 8. The topological polar surface area (TPSA) is 40.2 Å². The van der Waals surface area contributed by atoms with Gasteiger partial charge in [-0.25, -0.2) is 0 Å². The Hall–Kier alpha value is 0.487. The molecular weight excluding hydrogens is 231 g/mol. The van der Waals surface area contributed by atoms with E-state index < -0.39 is 8.56 Å². The molecule has 2 unspecified atom stereocenters. The minimum atomic E-state index is -1.87. The van der Waals surface area contributed by atoms with E-state index in [1.165, 1.54) is 0 Å². The van der Waals surface area contributed by atoms with Gasteiger partial charge in [0.15, 0.2) is 0 Å². The zero-order valence-corrected chi connectivity index (χ0v) is 12.4. The predicted octanol–water partition coefficient (Wildman–Crippen LogP) is 1.21. The van der Waals surface area contributed by atoms with E-state index in [-0.39, 0.29) is 9.90 Å². The lowest BCUT2D eigenvalue weighted by Gasteiger charge is -2.22. The fraction of sp³-hybridized carbons (Fsp3) is 1.00. The Balaban J connectivity index is 0.00000196. The van der Waals surface area contributed by atoms with E-state index in [1.54, 1.807) is 14.2 Å². The number of hydrogen-bond donors (Lipinski definition) is 0. The average Bonchev–Trinajstić information content (AvgIpc) is 3.01. The average molecular weight is 254 g/mol. The molecule has 0 aliphatic carbocycles. The molecule has 1 aliphatic rings. The molecule has 4 nitrogen and oxygen atoms in total. The SMILES string of the molecule is CO[Si](C)(CCCOCC1CO1)OC.P. The van der Waals surface area contributed by atoms with Crippen molar-refractivity contribution in [3.63, 3.8) is 0 Å². The summed E-state index contributed by atoms with van der Waals surface area (Å²) in [5, 5.41) is 0. The normalized spacial score (nSPS) is 19.8. The maximum absolute atomic E-state index is 5.43. The monoisotopic (exact) mass is 254 g/mol. The van der Waals surface area contributed by atoms with Crippen molar-refractivity contribution in [2.24, 2.45) is 0 Å². The van der Waals surface area contributed by atoms with Gasteiger partial charge in [0, 0.05) is 20.8 Å². The van der Waals surface area contributed by atoms with E-state index in [0.717, 1.165) is 32.3 Å². The van der Waals surface area contributed by atoms with Gasteiger partial charge in [0.05, 0.1) is 13.2 Å². The van der Waals surface area contributed by atoms with Crippen LogP contribution in [0.25, 0.3) is 0 Å². The van der Waals surface area contributed by atoms with Crippen LogP contribution < -0.4 is 0 Å². The van der Waals surface area contributed by atoms with Gasteiger partial charge in [0.2, 0.25) is 0 Å². The van der Waals surface area contributed by atoms with E-state index >= 15 is 0 Å². The molecule has 0 aromatic carbocycles. The first-order valence-electron chi connectivity index (χ1n) is 5.00. The van der Waals surface area contributed by atoms with Gasteiger partial charge in [-0.15, -0.1) is 0 Å². The van der Waals surface area contributed by atoms with E-state index in [1.807, 2.05) is 0 Å². The van der Waals surface area contributed by atoms with Gasteiger partial charge in [-0.05, 0) is 19.0 Å². The smallest absolute Gasteiger partial charge is 0.334 e. The third-order valence-electron chi connectivity index (χ3n) is 2.49. The second-order valence-corrected chi connectivity index (χ2v) is 7.26. The first-order chi connectivity index (χ1) is 6.70. The second kappa shape index (κ2) is 7.71. The fourth-order valence-corrected chi connectivity index (χ4v) is 2.52. The molecule has 1 fully saturated rings. The molecular formula is C9H23O4PSi. The van der Waals surface area contributed by atoms with Crippen molar-refractivity contribution in [2.75, 3.05) is 34.0 Å². The molecule has 2 atom stereocenters. The van der Waals surface area contributed by atoms with Gasteiger partial charge in [0.1, 0.15) is 6.10 Å². The quantitative estimate of drug-likeness (QED) is 0.282. The number of hydrogen-bond acceptors (Lipinski definition) is 4. The van der Waals surface area contributed by atoms with Crippen molar-refractivity contribution >= 4 is 18.5 Å². The largest absolute Gasteiger partial charge is 0.398 e. The molecule has 0 aromatic heterocycles. The van der Waals surface area contributed by atoms with Crippen molar-refractivity contribution in [1.82, 2.24) is 0 Å². The Bertz CT molecular complexity index is 162. The molecule has 0 bridgehead atoms. The highest BCUT2D eigenvalue weighted by Crippen LogP contribution is 2.14. The number of ether oxygens (including phenoxy) is 2. The lowest BCUT2D eigenvalue weighted by atomic mass is 10.5. The summed E-state index contributed by atoms with van der Waals surface area (Å²) in [6.07, 6.45) is 1.36. The number of epoxide rings is 1. The molecule has 0 N–H and O–H groups in total. The van der Waals surface area contributed by atoms with E-state index in [9.17, 15) is 0 Å². The lowest BCUT2D eigenvalue weighted by Crippen LogP contribution is -2.36. The molecule has 0 saturated carbocycles. The molecule has 1 aliphatic heterocycles. The zero-order valence-electron chi connectivity index (χ0n) is 9.95. The molecule has 0 amide bonds. The maximum atomic E-state index is 5.43. The summed E-state index contributed by atoms with van der Waals surface area (Å²) in [7, 11) is 1.56. The highest BCUT2D eigenvalue weighted by Gasteiger charge is 2.28. The molecule has 0 spiro atoms. The van der Waals surface area contributed by atoms with Gasteiger partial charge in [0.25, 0.3) is 0 Å². The third-order valence-corrected chi connectivity index (χ3v) is 5.48. The second-order valence-electron chi connectivity index (χ2n) is 3.68. The van der Waals surface area contributed by atoms with Crippen molar-refractivity contribution < 1.29 is 18.3 Å². The standard InChI is InChI=1S/C9H20O4Si.H3P/c1-10-14(3,11-2)6-4-5-12-7-9-8-13-9;/h9H,4-8H2,1-3H3;1H3. The summed E-state index contributed by atoms with van der Waals surface area (Å²) in [6, 6.07) is 0.978.